The first-order valence-corrected chi connectivity index (χ1v) is 22.0. The van der Waals surface area contributed by atoms with E-state index in [-0.39, 0.29) is 39.1 Å². The van der Waals surface area contributed by atoms with Crippen molar-refractivity contribution in [3.05, 3.63) is 75.0 Å². The van der Waals surface area contributed by atoms with Gasteiger partial charge in [-0.25, -0.2) is 4.79 Å². The molecule has 1 fully saturated rings. The van der Waals surface area contributed by atoms with Gasteiger partial charge in [0.15, 0.2) is 19.1 Å². The summed E-state index contributed by atoms with van der Waals surface area (Å²) in [5.41, 5.74) is -0.567. The minimum absolute atomic E-state index is 0.0722. The lowest BCUT2D eigenvalue weighted by Gasteiger charge is -2.51. The van der Waals surface area contributed by atoms with E-state index in [0.717, 1.165) is 16.7 Å². The van der Waals surface area contributed by atoms with E-state index in [1.807, 2.05) is 32.2 Å². The number of thioether (sulfide) groups is 3. The molecule has 3 rings (SSSR count). The average Bonchev–Trinajstić information content (AvgIpc) is 3.01. The minimum Gasteiger partial charge on any atom is -0.456 e. The molecule has 1 heterocycles. The molecule has 0 aromatic heterocycles. The van der Waals surface area contributed by atoms with Gasteiger partial charge < -0.3 is 13.9 Å². The maximum Gasteiger partial charge on any atom is 0.359 e. The molecule has 1 aliphatic rings. The van der Waals surface area contributed by atoms with Crippen molar-refractivity contribution in [3.8, 4) is 5.75 Å². The van der Waals surface area contributed by atoms with Gasteiger partial charge in [0.25, 0.3) is 5.69 Å². The summed E-state index contributed by atoms with van der Waals surface area (Å²) >= 11 is 3.81. The Bertz CT molecular complexity index is 1550. The molecule has 0 N–H and O–H groups in total. The predicted molar refractivity (Wildman–Crippen MR) is 201 cm³/mol. The smallest absolute Gasteiger partial charge is 0.359 e. The molecular weight excluding hydrogens is 701 g/mol. The van der Waals surface area contributed by atoms with Gasteiger partial charge in [-0.2, -0.15) is 0 Å². The fourth-order valence-electron chi connectivity index (χ4n) is 4.54. The molecular formula is C35H48N2O8S3Si. The second-order valence-electron chi connectivity index (χ2n) is 14.2. The lowest BCUT2D eigenvalue weighted by molar-refractivity contribution is -0.384. The molecule has 0 radical (unpaired) electrons. The Kier molecular flexibility index (Phi) is 13.7. The molecule has 1 aliphatic heterocycles. The molecule has 0 aliphatic carbocycles. The van der Waals surface area contributed by atoms with Crippen molar-refractivity contribution in [2.24, 2.45) is 11.3 Å². The molecule has 49 heavy (non-hydrogen) atoms. The van der Waals surface area contributed by atoms with Crippen molar-refractivity contribution in [3.63, 3.8) is 0 Å². The number of carbonyl (C=O) groups excluding carboxylic acids is 3. The van der Waals surface area contributed by atoms with Crippen molar-refractivity contribution in [2.45, 2.75) is 96.5 Å². The van der Waals surface area contributed by atoms with Crippen LogP contribution in [-0.2, 0) is 30.2 Å². The van der Waals surface area contributed by atoms with Gasteiger partial charge in [0.05, 0.1) is 22.3 Å². The molecule has 2 aromatic carbocycles. The highest BCUT2D eigenvalue weighted by Gasteiger charge is 2.56. The number of nitrogens with zero attached hydrogens (tertiary/aromatic N) is 2. The highest BCUT2D eigenvalue weighted by atomic mass is 32.2. The van der Waals surface area contributed by atoms with Crippen LogP contribution in [0.25, 0.3) is 0 Å². The number of nitro benzene ring substituents is 1. The van der Waals surface area contributed by atoms with Gasteiger partial charge in [0.1, 0.15) is 12.4 Å². The fraction of sp³-hybridized carbons (Fsp3) is 0.514. The Morgan fingerprint density at radius 2 is 1.61 bits per heavy atom. The van der Waals surface area contributed by atoms with E-state index in [0.29, 0.717) is 17.1 Å². The zero-order chi connectivity index (χ0) is 36.9. The lowest BCUT2D eigenvalue weighted by Crippen LogP contribution is -2.64. The summed E-state index contributed by atoms with van der Waals surface area (Å²) in [6.45, 7) is 19.6. The van der Waals surface area contributed by atoms with Crippen LogP contribution in [0.1, 0.15) is 61.0 Å². The number of ether oxygens (including phenoxy) is 2. The molecule has 0 saturated carbocycles. The summed E-state index contributed by atoms with van der Waals surface area (Å²) in [7, 11) is -2.25. The third kappa shape index (κ3) is 10.1. The number of hydrogen-bond acceptors (Lipinski definition) is 11. The standard InChI is InChI=1S/C35H48N2O8S3Si/c1-12-47-30-27(22(2)45-49(10,11)35(6,7)8)29(38)36(30)28(31(39)43-21-23-13-15-24(16-14-23)37(41)42)32(48-33(40)34(3,4)5)44-25-17-19-26(46-9)20-18-25/h13-20,22,27,30H,12,21H2,1-11H3/t22-,27+,30-/m1/s1. The van der Waals surface area contributed by atoms with E-state index in [1.165, 1.54) is 40.9 Å². The minimum atomic E-state index is -2.25. The van der Waals surface area contributed by atoms with Crippen LogP contribution in [0.2, 0.25) is 18.1 Å². The molecule has 1 saturated heterocycles. The van der Waals surface area contributed by atoms with Crippen LogP contribution in [0.4, 0.5) is 5.69 Å². The monoisotopic (exact) mass is 748 g/mol. The van der Waals surface area contributed by atoms with Crippen molar-refractivity contribution < 1.29 is 33.2 Å². The molecule has 0 spiro atoms. The number of non-ortho nitro benzene ring substituents is 1. The molecule has 10 nitrogen and oxygen atoms in total. The maximum atomic E-state index is 14.3. The van der Waals surface area contributed by atoms with E-state index >= 15 is 0 Å². The van der Waals surface area contributed by atoms with E-state index in [4.69, 9.17) is 13.9 Å². The highest BCUT2D eigenvalue weighted by molar-refractivity contribution is 8.16. The van der Waals surface area contributed by atoms with Gasteiger partial charge in [0, 0.05) is 22.4 Å². The van der Waals surface area contributed by atoms with Gasteiger partial charge in [-0.3, -0.25) is 24.6 Å². The van der Waals surface area contributed by atoms with Gasteiger partial charge in [-0.15, -0.1) is 23.5 Å². The number of nitro groups is 1. The summed E-state index contributed by atoms with van der Waals surface area (Å²) in [5.74, 6) is -0.733. The highest BCUT2D eigenvalue weighted by Crippen LogP contribution is 2.46. The number of amides is 1. The lowest BCUT2D eigenvalue weighted by atomic mass is 9.92. The molecule has 0 unspecified atom stereocenters. The van der Waals surface area contributed by atoms with E-state index in [2.05, 4.69) is 33.9 Å². The van der Waals surface area contributed by atoms with Crippen LogP contribution < -0.4 is 4.74 Å². The Hall–Kier alpha value is -2.78. The number of benzene rings is 2. The molecule has 0 bridgehead atoms. The first-order valence-electron chi connectivity index (χ1n) is 16.0. The maximum absolute atomic E-state index is 14.3. The van der Waals surface area contributed by atoms with Crippen molar-refractivity contribution in [1.29, 1.82) is 0 Å². The SMILES string of the molecule is CCS[C@@H]1[C@@H]([C@@H](C)O[Si](C)(C)C(C)(C)C)C(=O)N1C(C(=O)OCc1ccc([N+](=O)[O-])cc1)=C(Oc1ccc(SC)cc1)SC(=O)C(C)(C)C. The quantitative estimate of drug-likeness (QED) is 0.0269. The Labute approximate surface area is 303 Å². The predicted octanol–water partition coefficient (Wildman–Crippen LogP) is 8.86. The van der Waals surface area contributed by atoms with E-state index < -0.39 is 42.0 Å². The zero-order valence-corrected chi connectivity index (χ0v) is 33.6. The number of esters is 1. The Morgan fingerprint density at radius 1 is 1.02 bits per heavy atom. The van der Waals surface area contributed by atoms with Crippen molar-refractivity contribution in [1.82, 2.24) is 4.90 Å². The average molecular weight is 749 g/mol. The molecule has 14 heteroatoms. The van der Waals surface area contributed by atoms with Crippen LogP contribution in [0.3, 0.4) is 0 Å². The van der Waals surface area contributed by atoms with E-state index in [1.54, 1.807) is 44.7 Å². The van der Waals surface area contributed by atoms with Crippen LogP contribution in [-0.4, -0.2) is 58.6 Å². The summed E-state index contributed by atoms with van der Waals surface area (Å²) in [5, 5.41) is 10.2. The van der Waals surface area contributed by atoms with E-state index in [9.17, 15) is 24.5 Å². The summed E-state index contributed by atoms with van der Waals surface area (Å²) < 4.78 is 18.7. The number of hydrogen-bond donors (Lipinski definition) is 0. The zero-order valence-electron chi connectivity index (χ0n) is 30.2. The van der Waals surface area contributed by atoms with Crippen LogP contribution >= 0.6 is 35.3 Å². The third-order valence-electron chi connectivity index (χ3n) is 8.43. The second-order valence-corrected chi connectivity index (χ2v) is 22.2. The summed E-state index contributed by atoms with van der Waals surface area (Å²) in [6.07, 6.45) is 1.52. The van der Waals surface area contributed by atoms with Crippen LogP contribution in [0.5, 0.6) is 5.75 Å². The molecule has 3 atom stereocenters. The second kappa shape index (κ2) is 16.5. The number of β-lactam (4-membered cyclic amide) rings is 1. The first-order chi connectivity index (χ1) is 22.7. The van der Waals surface area contributed by atoms with Crippen molar-refractivity contribution >= 4 is 66.3 Å². The largest absolute Gasteiger partial charge is 0.456 e. The number of carbonyl (C=O) groups is 3. The first kappa shape index (κ1) is 40.6. The van der Waals surface area contributed by atoms with Gasteiger partial charge >= 0.3 is 5.97 Å². The van der Waals surface area contributed by atoms with Crippen molar-refractivity contribution in [2.75, 3.05) is 12.0 Å². The topological polar surface area (TPSA) is 125 Å². The van der Waals surface area contributed by atoms with Crippen LogP contribution in [0, 0.1) is 21.4 Å². The normalized spacial score (nSPS) is 17.9. The Balaban J connectivity index is 2.13. The molecule has 2 aromatic rings. The van der Waals surface area contributed by atoms with Crippen LogP contribution in [0.15, 0.2) is 64.2 Å². The van der Waals surface area contributed by atoms with Gasteiger partial charge in [-0.1, -0.05) is 48.5 Å². The van der Waals surface area contributed by atoms with Gasteiger partial charge in [0.2, 0.25) is 11.0 Å². The fourth-order valence-corrected chi connectivity index (χ4v) is 8.51. The summed E-state index contributed by atoms with van der Waals surface area (Å²) in [4.78, 5) is 55.0. The third-order valence-corrected chi connectivity index (χ3v) is 16.2. The summed E-state index contributed by atoms with van der Waals surface area (Å²) in [6, 6.07) is 12.8. The number of rotatable bonds is 14. The molecule has 268 valence electrons. The molecule has 1 amide bonds. The van der Waals surface area contributed by atoms with Gasteiger partial charge in [-0.05, 0) is 90.8 Å². The Morgan fingerprint density at radius 3 is 2.10 bits per heavy atom. The number of likely N-dealkylation sites (tertiary alicyclic amines) is 1.